The third-order valence-electron chi connectivity index (χ3n) is 4.42. The molecule has 0 aliphatic rings. The third-order valence-corrected chi connectivity index (χ3v) is 4.42. The number of nitrogens with one attached hydrogen (secondary N) is 1. The van der Waals surface area contributed by atoms with Crippen LogP contribution in [0.25, 0.3) is 11.0 Å². The van der Waals surface area contributed by atoms with Crippen LogP contribution in [0.3, 0.4) is 0 Å². The fraction of sp³-hybridized carbons (Fsp3) is 0.150. The number of aromatic nitrogens is 4. The van der Waals surface area contributed by atoms with Crippen LogP contribution in [-0.2, 0) is 13.6 Å². The van der Waals surface area contributed by atoms with Crippen LogP contribution in [-0.4, -0.2) is 25.2 Å². The first-order valence-electron chi connectivity index (χ1n) is 8.45. The molecule has 0 aliphatic heterocycles. The Morgan fingerprint density at radius 1 is 1.15 bits per heavy atom. The number of carbonyl (C=O) groups excluding carboxylic acids is 1. The Kier molecular flexibility index (Phi) is 4.23. The van der Waals surface area contributed by atoms with Gasteiger partial charge in [0.05, 0.1) is 29.9 Å². The van der Waals surface area contributed by atoms with Crippen LogP contribution >= 0.6 is 0 Å². The van der Waals surface area contributed by atoms with Gasteiger partial charge in [-0.05, 0) is 29.8 Å². The van der Waals surface area contributed by atoms with E-state index in [9.17, 15) is 4.79 Å². The molecular weight excluding hydrogens is 326 g/mol. The Morgan fingerprint density at radius 2 is 2.00 bits per heavy atom. The van der Waals surface area contributed by atoms with Crippen LogP contribution in [0.1, 0.15) is 22.0 Å². The van der Waals surface area contributed by atoms with E-state index in [0.717, 1.165) is 16.6 Å². The maximum Gasteiger partial charge on any atom is 0.251 e. The first-order valence-corrected chi connectivity index (χ1v) is 8.45. The molecular formula is C20H19N5O. The van der Waals surface area contributed by atoms with Crippen molar-refractivity contribution in [2.75, 3.05) is 0 Å². The molecule has 0 fully saturated rings. The predicted molar refractivity (Wildman–Crippen MR) is 99.6 cm³/mol. The number of hydrogen-bond acceptors (Lipinski definition) is 3. The summed E-state index contributed by atoms with van der Waals surface area (Å²) in [6.45, 7) is 0.564. The highest BCUT2D eigenvalue weighted by Crippen LogP contribution is 2.18. The van der Waals surface area contributed by atoms with E-state index < -0.39 is 0 Å². The molecule has 0 radical (unpaired) electrons. The summed E-state index contributed by atoms with van der Waals surface area (Å²) in [5.74, 6) is -0.126. The van der Waals surface area contributed by atoms with Gasteiger partial charge in [-0.3, -0.25) is 9.48 Å². The van der Waals surface area contributed by atoms with Crippen LogP contribution in [0.15, 0.2) is 73.3 Å². The Bertz CT molecular complexity index is 1020. The quantitative estimate of drug-likeness (QED) is 0.605. The van der Waals surface area contributed by atoms with Gasteiger partial charge in [0.15, 0.2) is 0 Å². The highest BCUT2D eigenvalue weighted by atomic mass is 16.1. The van der Waals surface area contributed by atoms with Gasteiger partial charge in [0.1, 0.15) is 0 Å². The summed E-state index contributed by atoms with van der Waals surface area (Å²) in [6.07, 6.45) is 5.37. The van der Waals surface area contributed by atoms with Crippen molar-refractivity contribution in [1.29, 1.82) is 0 Å². The van der Waals surface area contributed by atoms with Gasteiger partial charge in [0.2, 0.25) is 0 Å². The molecule has 1 N–H and O–H groups in total. The normalized spacial score (nSPS) is 12.2. The minimum absolute atomic E-state index is 0.126. The zero-order chi connectivity index (χ0) is 17.9. The molecule has 2 heterocycles. The molecule has 130 valence electrons. The largest absolute Gasteiger partial charge is 0.343 e. The molecule has 2 aromatic carbocycles. The van der Waals surface area contributed by atoms with Crippen LogP contribution in [0.2, 0.25) is 0 Å². The number of carbonyl (C=O) groups is 1. The lowest BCUT2D eigenvalue weighted by molar-refractivity contribution is 0.0932. The zero-order valence-corrected chi connectivity index (χ0v) is 14.4. The smallest absolute Gasteiger partial charge is 0.251 e. The SMILES string of the molecule is Cn1cnc2cc(C(=O)N[C@@H](Cn3cccn3)c3ccccc3)ccc21. The molecule has 4 rings (SSSR count). The molecule has 0 unspecified atom stereocenters. The van der Waals surface area contributed by atoms with Gasteiger partial charge in [0.25, 0.3) is 5.91 Å². The fourth-order valence-electron chi connectivity index (χ4n) is 3.03. The van der Waals surface area contributed by atoms with E-state index in [4.69, 9.17) is 0 Å². The topological polar surface area (TPSA) is 64.7 Å². The van der Waals surface area contributed by atoms with Crippen LogP contribution in [0.4, 0.5) is 0 Å². The second kappa shape index (κ2) is 6.84. The summed E-state index contributed by atoms with van der Waals surface area (Å²) in [7, 11) is 1.94. The van der Waals surface area contributed by atoms with Gasteiger partial charge in [-0.1, -0.05) is 30.3 Å². The van der Waals surface area contributed by atoms with Gasteiger partial charge in [-0.15, -0.1) is 0 Å². The van der Waals surface area contributed by atoms with Crippen molar-refractivity contribution in [2.24, 2.45) is 7.05 Å². The van der Waals surface area contributed by atoms with E-state index in [-0.39, 0.29) is 11.9 Å². The predicted octanol–water partition coefficient (Wildman–Crippen LogP) is 2.94. The van der Waals surface area contributed by atoms with Crippen molar-refractivity contribution >= 4 is 16.9 Å². The monoisotopic (exact) mass is 345 g/mol. The maximum absolute atomic E-state index is 12.8. The summed E-state index contributed by atoms with van der Waals surface area (Å²) in [5.41, 5.74) is 3.44. The van der Waals surface area contributed by atoms with Crippen molar-refractivity contribution in [3.05, 3.63) is 84.4 Å². The van der Waals surface area contributed by atoms with Gasteiger partial charge in [-0.25, -0.2) is 4.98 Å². The van der Waals surface area contributed by atoms with Gasteiger partial charge < -0.3 is 9.88 Å². The summed E-state index contributed by atoms with van der Waals surface area (Å²) < 4.78 is 3.75. The second-order valence-corrected chi connectivity index (χ2v) is 6.22. The molecule has 0 spiro atoms. The maximum atomic E-state index is 12.8. The molecule has 0 bridgehead atoms. The van der Waals surface area contributed by atoms with Crippen LogP contribution in [0, 0.1) is 0 Å². The average Bonchev–Trinajstić information content (AvgIpc) is 3.31. The van der Waals surface area contributed by atoms with Crippen molar-refractivity contribution in [3.8, 4) is 0 Å². The number of amides is 1. The highest BCUT2D eigenvalue weighted by molar-refractivity contribution is 5.97. The average molecular weight is 345 g/mol. The van der Waals surface area contributed by atoms with E-state index in [0.29, 0.717) is 12.1 Å². The van der Waals surface area contributed by atoms with Crippen molar-refractivity contribution in [2.45, 2.75) is 12.6 Å². The minimum atomic E-state index is -0.178. The Hall–Kier alpha value is -3.41. The van der Waals surface area contributed by atoms with Gasteiger partial charge in [-0.2, -0.15) is 5.10 Å². The van der Waals surface area contributed by atoms with E-state index in [2.05, 4.69) is 15.4 Å². The standard InChI is InChI=1S/C20H19N5O/c1-24-14-21-17-12-16(8-9-19(17)24)20(26)23-18(13-25-11-5-10-22-25)15-6-3-2-4-7-15/h2-12,14,18H,13H2,1H3,(H,23,26)/t18-/m0/s1. The Labute approximate surface area is 151 Å². The van der Waals surface area contributed by atoms with Crippen molar-refractivity contribution < 1.29 is 4.79 Å². The van der Waals surface area contributed by atoms with Crippen molar-refractivity contribution in [3.63, 3.8) is 0 Å². The van der Waals surface area contributed by atoms with Crippen molar-refractivity contribution in [1.82, 2.24) is 24.6 Å². The summed E-state index contributed by atoms with van der Waals surface area (Å²) in [5, 5.41) is 7.38. The molecule has 4 aromatic rings. The number of rotatable bonds is 5. The van der Waals surface area contributed by atoms with E-state index in [1.165, 1.54) is 0 Å². The molecule has 6 heteroatoms. The number of aryl methyl sites for hydroxylation is 1. The first kappa shape index (κ1) is 16.1. The molecule has 0 saturated carbocycles. The minimum Gasteiger partial charge on any atom is -0.343 e. The lowest BCUT2D eigenvalue weighted by atomic mass is 10.1. The number of benzene rings is 2. The molecule has 0 saturated heterocycles. The summed E-state index contributed by atoms with van der Waals surface area (Å²) in [6, 6.07) is 17.2. The van der Waals surface area contributed by atoms with Crippen LogP contribution < -0.4 is 5.32 Å². The lowest BCUT2D eigenvalue weighted by Crippen LogP contribution is -2.31. The number of imidazole rings is 1. The van der Waals surface area contributed by atoms with E-state index in [1.807, 2.05) is 77.1 Å². The summed E-state index contributed by atoms with van der Waals surface area (Å²) in [4.78, 5) is 17.2. The Morgan fingerprint density at radius 3 is 2.77 bits per heavy atom. The molecule has 26 heavy (non-hydrogen) atoms. The number of fused-ring (bicyclic) bond motifs is 1. The number of nitrogens with zero attached hydrogens (tertiary/aromatic N) is 4. The lowest BCUT2D eigenvalue weighted by Gasteiger charge is -2.19. The highest BCUT2D eigenvalue weighted by Gasteiger charge is 2.17. The Balaban J connectivity index is 1.60. The number of hydrogen-bond donors (Lipinski definition) is 1. The summed E-state index contributed by atoms with van der Waals surface area (Å²) >= 11 is 0. The molecule has 2 aromatic heterocycles. The second-order valence-electron chi connectivity index (χ2n) is 6.22. The zero-order valence-electron chi connectivity index (χ0n) is 14.4. The molecule has 1 atom stereocenters. The molecule has 6 nitrogen and oxygen atoms in total. The van der Waals surface area contributed by atoms with E-state index in [1.54, 1.807) is 12.5 Å². The van der Waals surface area contributed by atoms with Gasteiger partial charge >= 0.3 is 0 Å². The van der Waals surface area contributed by atoms with E-state index >= 15 is 0 Å². The van der Waals surface area contributed by atoms with Gasteiger partial charge in [0, 0.05) is 25.0 Å². The molecule has 0 aliphatic carbocycles. The molecule has 1 amide bonds. The first-order chi connectivity index (χ1) is 12.7. The third kappa shape index (κ3) is 3.21. The van der Waals surface area contributed by atoms with Crippen LogP contribution in [0.5, 0.6) is 0 Å². The fourth-order valence-corrected chi connectivity index (χ4v) is 3.03.